The smallest absolute Gasteiger partial charge is 0.138 e. The molecule has 2 heterocycles. The molecular formula is C15H15N3S. The molecule has 0 radical (unpaired) electrons. The van der Waals surface area contributed by atoms with Gasteiger partial charge in [-0.1, -0.05) is 30.3 Å². The summed E-state index contributed by atoms with van der Waals surface area (Å²) in [7, 11) is 0. The second kappa shape index (κ2) is 5.80. The lowest BCUT2D eigenvalue weighted by molar-refractivity contribution is 0.859. The van der Waals surface area contributed by atoms with Crippen LogP contribution in [0.5, 0.6) is 0 Å². The first-order valence-electron chi connectivity index (χ1n) is 6.39. The summed E-state index contributed by atoms with van der Waals surface area (Å²) in [5, 5.41) is 6.57. The third kappa shape index (κ3) is 2.90. The Kier molecular flexibility index (Phi) is 3.70. The van der Waals surface area contributed by atoms with Crippen LogP contribution in [0.4, 0.5) is 5.82 Å². The van der Waals surface area contributed by atoms with Crippen molar-refractivity contribution in [2.75, 3.05) is 11.9 Å². The molecule has 0 fully saturated rings. The van der Waals surface area contributed by atoms with Gasteiger partial charge in [0, 0.05) is 6.54 Å². The van der Waals surface area contributed by atoms with E-state index in [9.17, 15) is 0 Å². The highest BCUT2D eigenvalue weighted by Gasteiger charge is 2.03. The van der Waals surface area contributed by atoms with Gasteiger partial charge in [0.1, 0.15) is 17.0 Å². The van der Waals surface area contributed by atoms with Crippen LogP contribution in [0, 0.1) is 0 Å². The third-order valence-corrected chi connectivity index (χ3v) is 3.86. The van der Waals surface area contributed by atoms with Gasteiger partial charge in [-0.25, -0.2) is 9.97 Å². The van der Waals surface area contributed by atoms with E-state index in [1.807, 2.05) is 0 Å². The first kappa shape index (κ1) is 12.1. The SMILES string of the molecule is c1ccc(CCCNc2ncnc3sccc23)cc1. The number of hydrogen-bond acceptors (Lipinski definition) is 4. The molecule has 96 valence electrons. The molecule has 0 saturated heterocycles. The van der Waals surface area contributed by atoms with Gasteiger partial charge in [-0.2, -0.15) is 0 Å². The van der Waals surface area contributed by atoms with Crippen molar-refractivity contribution in [3.05, 3.63) is 53.7 Å². The van der Waals surface area contributed by atoms with E-state index in [0.717, 1.165) is 35.4 Å². The Bertz CT molecular complexity index is 649. The van der Waals surface area contributed by atoms with E-state index in [-0.39, 0.29) is 0 Å². The van der Waals surface area contributed by atoms with Crippen LogP contribution in [-0.2, 0) is 6.42 Å². The minimum atomic E-state index is 0.927. The maximum absolute atomic E-state index is 4.31. The van der Waals surface area contributed by atoms with Crippen LogP contribution >= 0.6 is 11.3 Å². The van der Waals surface area contributed by atoms with Crippen LogP contribution in [0.15, 0.2) is 48.1 Å². The summed E-state index contributed by atoms with van der Waals surface area (Å²) in [6.07, 6.45) is 3.81. The molecule has 0 spiro atoms. The molecule has 0 aliphatic carbocycles. The number of aryl methyl sites for hydroxylation is 1. The van der Waals surface area contributed by atoms with Gasteiger partial charge >= 0.3 is 0 Å². The van der Waals surface area contributed by atoms with Gasteiger partial charge in [0.25, 0.3) is 0 Å². The van der Waals surface area contributed by atoms with Crippen molar-refractivity contribution >= 4 is 27.4 Å². The predicted octanol–water partition coefficient (Wildman–Crippen LogP) is 3.74. The number of fused-ring (bicyclic) bond motifs is 1. The van der Waals surface area contributed by atoms with Gasteiger partial charge in [0.15, 0.2) is 0 Å². The molecule has 4 heteroatoms. The maximum atomic E-state index is 4.31. The third-order valence-electron chi connectivity index (χ3n) is 3.04. The highest BCUT2D eigenvalue weighted by atomic mass is 32.1. The second-order valence-electron chi connectivity index (χ2n) is 4.38. The second-order valence-corrected chi connectivity index (χ2v) is 5.27. The lowest BCUT2D eigenvalue weighted by atomic mass is 10.1. The molecule has 3 aromatic rings. The standard InChI is InChI=1S/C15H15N3S/c1-2-5-12(6-3-1)7-4-9-16-14-13-8-10-19-15(13)18-11-17-14/h1-3,5-6,8,10-11H,4,7,9H2,(H,16,17,18). The lowest BCUT2D eigenvalue weighted by Gasteiger charge is -2.06. The molecule has 1 N–H and O–H groups in total. The van der Waals surface area contributed by atoms with Crippen LogP contribution in [-0.4, -0.2) is 16.5 Å². The monoisotopic (exact) mass is 269 g/mol. The highest BCUT2D eigenvalue weighted by molar-refractivity contribution is 7.16. The number of aromatic nitrogens is 2. The number of thiophene rings is 1. The molecule has 1 aromatic carbocycles. The summed E-state index contributed by atoms with van der Waals surface area (Å²) in [6.45, 7) is 0.927. The fourth-order valence-electron chi connectivity index (χ4n) is 2.07. The van der Waals surface area contributed by atoms with E-state index in [4.69, 9.17) is 0 Å². The number of anilines is 1. The Morgan fingerprint density at radius 2 is 1.95 bits per heavy atom. The highest BCUT2D eigenvalue weighted by Crippen LogP contribution is 2.23. The molecule has 3 rings (SSSR count). The molecule has 0 saturated carbocycles. The fraction of sp³-hybridized carbons (Fsp3) is 0.200. The van der Waals surface area contributed by atoms with E-state index in [1.165, 1.54) is 5.56 Å². The minimum absolute atomic E-state index is 0.927. The zero-order valence-electron chi connectivity index (χ0n) is 10.5. The number of nitrogens with one attached hydrogen (secondary N) is 1. The van der Waals surface area contributed by atoms with Gasteiger partial charge < -0.3 is 5.32 Å². The summed E-state index contributed by atoms with van der Waals surface area (Å²) >= 11 is 1.65. The predicted molar refractivity (Wildman–Crippen MR) is 80.7 cm³/mol. The molecule has 2 aromatic heterocycles. The van der Waals surface area contributed by atoms with Crippen molar-refractivity contribution in [3.8, 4) is 0 Å². The summed E-state index contributed by atoms with van der Waals surface area (Å²) in [5.74, 6) is 0.944. The molecule has 19 heavy (non-hydrogen) atoms. The van der Waals surface area contributed by atoms with Gasteiger partial charge in [-0.3, -0.25) is 0 Å². The Balaban J connectivity index is 1.57. The molecule has 0 atom stereocenters. The number of benzene rings is 1. The molecule has 0 aliphatic heterocycles. The average molecular weight is 269 g/mol. The average Bonchev–Trinajstić information content (AvgIpc) is 2.94. The first-order valence-corrected chi connectivity index (χ1v) is 7.27. The molecule has 0 bridgehead atoms. The molecule has 0 amide bonds. The van der Waals surface area contributed by atoms with Crippen molar-refractivity contribution < 1.29 is 0 Å². The topological polar surface area (TPSA) is 37.8 Å². The summed E-state index contributed by atoms with van der Waals surface area (Å²) in [6, 6.07) is 12.6. The van der Waals surface area contributed by atoms with E-state index in [0.29, 0.717) is 0 Å². The number of nitrogens with zero attached hydrogens (tertiary/aromatic N) is 2. The number of rotatable bonds is 5. The quantitative estimate of drug-likeness (QED) is 0.717. The fourth-order valence-corrected chi connectivity index (χ4v) is 2.81. The molecule has 3 nitrogen and oxygen atoms in total. The van der Waals surface area contributed by atoms with Gasteiger partial charge in [-0.05, 0) is 29.9 Å². The van der Waals surface area contributed by atoms with Gasteiger partial charge in [0.05, 0.1) is 5.39 Å². The van der Waals surface area contributed by atoms with Crippen molar-refractivity contribution in [1.29, 1.82) is 0 Å². The Labute approximate surface area is 116 Å². The maximum Gasteiger partial charge on any atom is 0.138 e. The van der Waals surface area contributed by atoms with Crippen LogP contribution in [0.3, 0.4) is 0 Å². The van der Waals surface area contributed by atoms with Crippen LogP contribution in [0.25, 0.3) is 10.2 Å². The lowest BCUT2D eigenvalue weighted by Crippen LogP contribution is -2.05. The van der Waals surface area contributed by atoms with Crippen LogP contribution < -0.4 is 5.32 Å². The van der Waals surface area contributed by atoms with Crippen molar-refractivity contribution in [1.82, 2.24) is 9.97 Å². The van der Waals surface area contributed by atoms with Crippen LogP contribution in [0.1, 0.15) is 12.0 Å². The van der Waals surface area contributed by atoms with Crippen molar-refractivity contribution in [3.63, 3.8) is 0 Å². The van der Waals surface area contributed by atoms with Gasteiger partial charge in [0.2, 0.25) is 0 Å². The normalized spacial score (nSPS) is 10.7. The van der Waals surface area contributed by atoms with Crippen molar-refractivity contribution in [2.24, 2.45) is 0 Å². The summed E-state index contributed by atoms with van der Waals surface area (Å²) in [5.41, 5.74) is 1.38. The largest absolute Gasteiger partial charge is 0.369 e. The van der Waals surface area contributed by atoms with Gasteiger partial charge in [-0.15, -0.1) is 11.3 Å². The van der Waals surface area contributed by atoms with E-state index in [1.54, 1.807) is 17.7 Å². The van der Waals surface area contributed by atoms with E-state index < -0.39 is 0 Å². The Morgan fingerprint density at radius 3 is 2.84 bits per heavy atom. The number of hydrogen-bond donors (Lipinski definition) is 1. The van der Waals surface area contributed by atoms with Crippen molar-refractivity contribution in [2.45, 2.75) is 12.8 Å². The van der Waals surface area contributed by atoms with E-state index in [2.05, 4.69) is 57.1 Å². The Morgan fingerprint density at radius 1 is 1.05 bits per heavy atom. The molecular weight excluding hydrogens is 254 g/mol. The summed E-state index contributed by atoms with van der Waals surface area (Å²) in [4.78, 5) is 9.60. The molecule has 0 aliphatic rings. The van der Waals surface area contributed by atoms with Crippen LogP contribution in [0.2, 0.25) is 0 Å². The Hall–Kier alpha value is -1.94. The summed E-state index contributed by atoms with van der Waals surface area (Å²) < 4.78 is 0. The first-order chi connectivity index (χ1) is 9.43. The zero-order valence-corrected chi connectivity index (χ0v) is 11.4. The zero-order chi connectivity index (χ0) is 12.9. The van der Waals surface area contributed by atoms with E-state index >= 15 is 0 Å². The minimum Gasteiger partial charge on any atom is -0.369 e. The molecule has 0 unspecified atom stereocenters.